The molecule has 1 atom stereocenters. The van der Waals surface area contributed by atoms with E-state index in [1.54, 1.807) is 24.3 Å². The predicted octanol–water partition coefficient (Wildman–Crippen LogP) is 1.30. The number of ether oxygens (including phenoxy) is 1. The number of benzene rings is 1. The molecule has 1 heterocycles. The second kappa shape index (κ2) is 7.26. The summed E-state index contributed by atoms with van der Waals surface area (Å²) >= 11 is 0. The van der Waals surface area contributed by atoms with Crippen LogP contribution in [0.1, 0.15) is 16.8 Å². The third-order valence-corrected chi connectivity index (χ3v) is 3.57. The normalized spacial score (nSPS) is 19.1. The lowest BCUT2D eigenvalue weighted by atomic mass is 10.1. The van der Waals surface area contributed by atoms with Crippen molar-refractivity contribution >= 4 is 5.97 Å². The zero-order valence-electron chi connectivity index (χ0n) is 11.8. The van der Waals surface area contributed by atoms with Gasteiger partial charge in [0.05, 0.1) is 5.56 Å². The Labute approximate surface area is 119 Å². The summed E-state index contributed by atoms with van der Waals surface area (Å²) in [5, 5.41) is 12.2. The third-order valence-electron chi connectivity index (χ3n) is 3.57. The van der Waals surface area contributed by atoms with E-state index >= 15 is 0 Å². The molecule has 20 heavy (non-hydrogen) atoms. The number of nitrogens with zero attached hydrogens (tertiary/aromatic N) is 1. The van der Waals surface area contributed by atoms with Crippen LogP contribution in [-0.4, -0.2) is 55.8 Å². The number of carbonyl (C=O) groups is 1. The van der Waals surface area contributed by atoms with Crippen LogP contribution in [0.5, 0.6) is 5.75 Å². The second-order valence-electron chi connectivity index (χ2n) is 5.30. The maximum absolute atomic E-state index is 10.7. The fourth-order valence-electron chi connectivity index (χ4n) is 2.43. The molecule has 0 saturated carbocycles. The number of nitrogens with one attached hydrogen (secondary N) is 1. The summed E-state index contributed by atoms with van der Waals surface area (Å²) in [6.45, 7) is 4.80. The molecule has 0 radical (unpaired) electrons. The zero-order chi connectivity index (χ0) is 14.4. The van der Waals surface area contributed by atoms with Gasteiger partial charge in [-0.15, -0.1) is 0 Å². The van der Waals surface area contributed by atoms with Crippen LogP contribution in [0.25, 0.3) is 0 Å². The molecule has 1 unspecified atom stereocenters. The first kappa shape index (κ1) is 14.8. The third kappa shape index (κ3) is 4.51. The smallest absolute Gasteiger partial charge is 0.335 e. The van der Waals surface area contributed by atoms with Crippen LogP contribution in [0.3, 0.4) is 0 Å². The number of hydrogen-bond donors (Lipinski definition) is 2. The van der Waals surface area contributed by atoms with Crippen molar-refractivity contribution < 1.29 is 14.6 Å². The minimum absolute atomic E-state index is 0.279. The quantitative estimate of drug-likeness (QED) is 0.736. The number of hydrogen-bond acceptors (Lipinski definition) is 4. The molecule has 1 fully saturated rings. The number of rotatable bonds is 7. The highest BCUT2D eigenvalue weighted by Crippen LogP contribution is 2.13. The van der Waals surface area contributed by atoms with Crippen LogP contribution in [0, 0.1) is 5.92 Å². The van der Waals surface area contributed by atoms with Crippen LogP contribution in [0.4, 0.5) is 0 Å². The molecule has 1 aliphatic heterocycles. The molecule has 1 saturated heterocycles. The van der Waals surface area contributed by atoms with Gasteiger partial charge in [-0.1, -0.05) is 0 Å². The van der Waals surface area contributed by atoms with Gasteiger partial charge in [0.15, 0.2) is 0 Å². The first-order valence-corrected chi connectivity index (χ1v) is 7.00. The Morgan fingerprint density at radius 3 is 2.80 bits per heavy atom. The molecular formula is C15H22N2O3. The first-order valence-electron chi connectivity index (χ1n) is 7.00. The van der Waals surface area contributed by atoms with Gasteiger partial charge < -0.3 is 20.1 Å². The van der Waals surface area contributed by atoms with E-state index in [4.69, 9.17) is 9.84 Å². The lowest BCUT2D eigenvalue weighted by molar-refractivity contribution is 0.0697. The van der Waals surface area contributed by atoms with E-state index in [-0.39, 0.29) is 5.56 Å². The Bertz CT molecular complexity index is 433. The van der Waals surface area contributed by atoms with Crippen molar-refractivity contribution in [2.45, 2.75) is 6.42 Å². The largest absolute Gasteiger partial charge is 0.492 e. The van der Waals surface area contributed by atoms with Crippen molar-refractivity contribution in [3.05, 3.63) is 29.8 Å². The number of carboxylic acid groups (broad SMARTS) is 1. The monoisotopic (exact) mass is 278 g/mol. The van der Waals surface area contributed by atoms with Crippen LogP contribution < -0.4 is 10.1 Å². The minimum atomic E-state index is -0.917. The standard InChI is InChI=1S/C15H22N2O3/c1-17-8-6-12(11-17)10-16-7-9-20-14-4-2-13(3-5-14)15(18)19/h2-5,12,16H,6-11H2,1H3,(H,18,19). The van der Waals surface area contributed by atoms with Crippen molar-refractivity contribution in [1.82, 2.24) is 10.2 Å². The molecule has 1 aliphatic rings. The number of carboxylic acids is 1. The van der Waals surface area contributed by atoms with Crippen LogP contribution in [0.2, 0.25) is 0 Å². The highest BCUT2D eigenvalue weighted by Gasteiger charge is 2.18. The first-order chi connectivity index (χ1) is 9.65. The van der Waals surface area contributed by atoms with Crippen molar-refractivity contribution in [2.75, 3.05) is 39.8 Å². The van der Waals surface area contributed by atoms with E-state index < -0.39 is 5.97 Å². The summed E-state index contributed by atoms with van der Waals surface area (Å²) in [6.07, 6.45) is 1.26. The Balaban J connectivity index is 1.60. The summed E-state index contributed by atoms with van der Waals surface area (Å²) in [7, 11) is 2.16. The van der Waals surface area contributed by atoms with Gasteiger partial charge in [-0.2, -0.15) is 0 Å². The molecular weight excluding hydrogens is 256 g/mol. The van der Waals surface area contributed by atoms with Gasteiger partial charge in [0, 0.05) is 13.1 Å². The van der Waals surface area contributed by atoms with Gasteiger partial charge >= 0.3 is 5.97 Å². The molecule has 0 amide bonds. The molecule has 0 aliphatic carbocycles. The molecule has 2 N–H and O–H groups in total. The van der Waals surface area contributed by atoms with Crippen molar-refractivity contribution in [1.29, 1.82) is 0 Å². The Morgan fingerprint density at radius 1 is 1.45 bits per heavy atom. The highest BCUT2D eigenvalue weighted by atomic mass is 16.5. The summed E-state index contributed by atoms with van der Waals surface area (Å²) in [5.41, 5.74) is 0.279. The van der Waals surface area contributed by atoms with Gasteiger partial charge in [-0.05, 0) is 56.7 Å². The Hall–Kier alpha value is -1.59. The average molecular weight is 278 g/mol. The van der Waals surface area contributed by atoms with E-state index in [9.17, 15) is 4.79 Å². The maximum atomic E-state index is 10.7. The molecule has 0 aromatic heterocycles. The van der Waals surface area contributed by atoms with Crippen molar-refractivity contribution in [3.63, 3.8) is 0 Å². The molecule has 5 nitrogen and oxygen atoms in total. The summed E-state index contributed by atoms with van der Waals surface area (Å²) < 4.78 is 5.56. The van der Waals surface area contributed by atoms with Gasteiger partial charge in [0.1, 0.15) is 12.4 Å². The molecule has 2 rings (SSSR count). The SMILES string of the molecule is CN1CCC(CNCCOc2ccc(C(=O)O)cc2)C1. The molecule has 0 spiro atoms. The van der Waals surface area contributed by atoms with Gasteiger partial charge in [-0.25, -0.2) is 4.79 Å². The molecule has 5 heteroatoms. The van der Waals surface area contributed by atoms with Gasteiger partial charge in [0.2, 0.25) is 0 Å². The topological polar surface area (TPSA) is 61.8 Å². The van der Waals surface area contributed by atoms with Gasteiger partial charge in [-0.3, -0.25) is 0 Å². The maximum Gasteiger partial charge on any atom is 0.335 e. The molecule has 0 bridgehead atoms. The second-order valence-corrected chi connectivity index (χ2v) is 5.30. The molecule has 1 aromatic rings. The van der Waals surface area contributed by atoms with E-state index in [1.165, 1.54) is 19.5 Å². The lowest BCUT2D eigenvalue weighted by Crippen LogP contribution is -2.28. The fraction of sp³-hybridized carbons (Fsp3) is 0.533. The highest BCUT2D eigenvalue weighted by molar-refractivity contribution is 5.87. The lowest BCUT2D eigenvalue weighted by Gasteiger charge is -2.12. The fourth-order valence-corrected chi connectivity index (χ4v) is 2.43. The van der Waals surface area contributed by atoms with Crippen LogP contribution in [0.15, 0.2) is 24.3 Å². The molecule has 110 valence electrons. The summed E-state index contributed by atoms with van der Waals surface area (Å²) in [4.78, 5) is 13.1. The van der Waals surface area contributed by atoms with Gasteiger partial charge in [0.25, 0.3) is 0 Å². The minimum Gasteiger partial charge on any atom is -0.492 e. The van der Waals surface area contributed by atoms with E-state index in [0.717, 1.165) is 19.0 Å². The van der Waals surface area contributed by atoms with E-state index in [2.05, 4.69) is 17.3 Å². The van der Waals surface area contributed by atoms with Crippen LogP contribution in [-0.2, 0) is 0 Å². The predicted molar refractivity (Wildman–Crippen MR) is 77.4 cm³/mol. The van der Waals surface area contributed by atoms with Crippen molar-refractivity contribution in [3.8, 4) is 5.75 Å². The van der Waals surface area contributed by atoms with E-state index in [1.807, 2.05) is 0 Å². The Kier molecular flexibility index (Phi) is 5.38. The molecule has 1 aromatic carbocycles. The van der Waals surface area contributed by atoms with Crippen LogP contribution >= 0.6 is 0 Å². The summed E-state index contributed by atoms with van der Waals surface area (Å²) in [6, 6.07) is 6.49. The Morgan fingerprint density at radius 2 is 2.20 bits per heavy atom. The van der Waals surface area contributed by atoms with E-state index in [0.29, 0.717) is 12.4 Å². The zero-order valence-corrected chi connectivity index (χ0v) is 11.8. The van der Waals surface area contributed by atoms with Crippen molar-refractivity contribution in [2.24, 2.45) is 5.92 Å². The summed E-state index contributed by atoms with van der Waals surface area (Å²) in [5.74, 6) is 0.534. The number of aromatic carboxylic acids is 1. The average Bonchev–Trinajstić information content (AvgIpc) is 2.84. The number of likely N-dealkylation sites (tertiary alicyclic amines) is 1.